The van der Waals surface area contributed by atoms with Gasteiger partial charge in [-0.05, 0) is 43.2 Å². The second-order valence-corrected chi connectivity index (χ2v) is 6.28. The molecular weight excluding hydrogens is 314 g/mol. The monoisotopic (exact) mass is 333 g/mol. The summed E-state index contributed by atoms with van der Waals surface area (Å²) in [7, 11) is 1.77. The fourth-order valence-electron chi connectivity index (χ4n) is 2.97. The molecule has 0 saturated carbocycles. The molecule has 1 aliphatic carbocycles. The van der Waals surface area contributed by atoms with Crippen molar-refractivity contribution in [2.45, 2.75) is 31.1 Å². The molecule has 0 spiro atoms. The first-order valence-corrected chi connectivity index (χ1v) is 7.96. The van der Waals surface area contributed by atoms with Crippen LogP contribution in [-0.2, 0) is 6.42 Å². The highest BCUT2D eigenvalue weighted by Gasteiger charge is 2.32. The molecule has 0 bridgehead atoms. The Kier molecular flexibility index (Phi) is 4.55. The van der Waals surface area contributed by atoms with E-state index in [1.165, 1.54) is 0 Å². The van der Waals surface area contributed by atoms with Crippen LogP contribution in [0, 0.1) is 0 Å². The summed E-state index contributed by atoms with van der Waals surface area (Å²) in [4.78, 5) is 4.30. The van der Waals surface area contributed by atoms with E-state index in [9.17, 15) is 10.2 Å². The van der Waals surface area contributed by atoms with Gasteiger partial charge in [0.15, 0.2) is 0 Å². The van der Waals surface area contributed by atoms with Gasteiger partial charge in [0.1, 0.15) is 18.0 Å². The van der Waals surface area contributed by atoms with Gasteiger partial charge in [0.25, 0.3) is 0 Å². The van der Waals surface area contributed by atoms with Crippen molar-refractivity contribution in [2.24, 2.45) is 0 Å². The summed E-state index contributed by atoms with van der Waals surface area (Å²) in [6.07, 6.45) is 1.76. The zero-order valence-corrected chi connectivity index (χ0v) is 13.6. The molecule has 3 rings (SSSR count). The summed E-state index contributed by atoms with van der Waals surface area (Å²) in [5, 5.41) is 24.4. The second-order valence-electron chi connectivity index (χ2n) is 5.87. The summed E-state index contributed by atoms with van der Waals surface area (Å²) >= 11 is 5.98. The molecule has 1 heterocycles. The van der Waals surface area contributed by atoms with Crippen LogP contribution in [0.5, 0.6) is 0 Å². The Hall–Kier alpha value is -1.66. The molecule has 0 saturated heterocycles. The first-order valence-electron chi connectivity index (χ1n) is 7.58. The van der Waals surface area contributed by atoms with Crippen LogP contribution in [0.1, 0.15) is 12.0 Å². The van der Waals surface area contributed by atoms with Crippen molar-refractivity contribution in [1.82, 2.24) is 10.3 Å². The summed E-state index contributed by atoms with van der Waals surface area (Å²) in [6, 6.07) is 7.58. The number of nitrogen functional groups attached to an aromatic ring is 1. The van der Waals surface area contributed by atoms with Crippen molar-refractivity contribution in [3.05, 3.63) is 46.5 Å². The fraction of sp³-hybridized carbons (Fsp3) is 0.353. The van der Waals surface area contributed by atoms with Gasteiger partial charge in [-0.15, -0.1) is 0 Å². The standard InChI is InChI=1S/C17H20ClN3O2/c1-20-14-8-11(15(22)16(14)23)5-3-9-2-4-10-7-12(18)17(19)21-13(10)6-9/h2,4,6-8,14-16,20,22-23H,3,5H2,1H3,(H2,19,21)/t14-,15-,16+/m1/s1. The zero-order valence-electron chi connectivity index (χ0n) is 12.8. The second kappa shape index (κ2) is 6.45. The Morgan fingerprint density at radius 2 is 2.04 bits per heavy atom. The van der Waals surface area contributed by atoms with Crippen LogP contribution in [0.15, 0.2) is 35.9 Å². The number of fused-ring (bicyclic) bond motifs is 1. The number of aliphatic hydroxyl groups excluding tert-OH is 2. The number of rotatable bonds is 4. The highest BCUT2D eigenvalue weighted by molar-refractivity contribution is 6.33. The van der Waals surface area contributed by atoms with E-state index < -0.39 is 12.2 Å². The van der Waals surface area contributed by atoms with E-state index in [0.717, 1.165) is 28.5 Å². The van der Waals surface area contributed by atoms with Gasteiger partial charge in [-0.25, -0.2) is 4.98 Å². The Morgan fingerprint density at radius 1 is 1.26 bits per heavy atom. The molecule has 0 fully saturated rings. The number of benzene rings is 1. The van der Waals surface area contributed by atoms with Crippen LogP contribution in [0.4, 0.5) is 5.82 Å². The van der Waals surface area contributed by atoms with Crippen LogP contribution in [0.2, 0.25) is 5.02 Å². The topological polar surface area (TPSA) is 91.4 Å². The molecule has 5 N–H and O–H groups in total. The molecular formula is C17H20ClN3O2. The minimum Gasteiger partial charge on any atom is -0.388 e. The van der Waals surface area contributed by atoms with Crippen LogP contribution in [-0.4, -0.2) is 40.5 Å². The predicted molar refractivity (Wildman–Crippen MR) is 92.4 cm³/mol. The normalized spacial score (nSPS) is 24.2. The van der Waals surface area contributed by atoms with Crippen molar-refractivity contribution < 1.29 is 10.2 Å². The lowest BCUT2D eigenvalue weighted by atomic mass is 10.0. The van der Waals surface area contributed by atoms with Crippen molar-refractivity contribution in [3.63, 3.8) is 0 Å². The van der Waals surface area contributed by atoms with Gasteiger partial charge in [0.2, 0.25) is 0 Å². The lowest BCUT2D eigenvalue weighted by molar-refractivity contribution is 0.0396. The van der Waals surface area contributed by atoms with Crippen molar-refractivity contribution in [2.75, 3.05) is 12.8 Å². The van der Waals surface area contributed by atoms with E-state index >= 15 is 0 Å². The van der Waals surface area contributed by atoms with Gasteiger partial charge in [-0.2, -0.15) is 0 Å². The molecule has 5 nitrogen and oxygen atoms in total. The molecule has 3 atom stereocenters. The summed E-state index contributed by atoms with van der Waals surface area (Å²) in [5.41, 5.74) is 8.52. The molecule has 1 aromatic heterocycles. The van der Waals surface area contributed by atoms with Crippen LogP contribution in [0.3, 0.4) is 0 Å². The first kappa shape index (κ1) is 16.2. The number of nitrogens with two attached hydrogens (primary N) is 1. The molecule has 6 heteroatoms. The molecule has 2 aromatic rings. The van der Waals surface area contributed by atoms with E-state index in [4.69, 9.17) is 17.3 Å². The Balaban J connectivity index is 1.76. The first-order chi connectivity index (χ1) is 11.0. The maximum Gasteiger partial charge on any atom is 0.142 e. The molecule has 23 heavy (non-hydrogen) atoms. The number of likely N-dealkylation sites (N-methyl/N-ethyl adjacent to an activating group) is 1. The van der Waals surface area contributed by atoms with Gasteiger partial charge in [0, 0.05) is 5.39 Å². The van der Waals surface area contributed by atoms with Crippen LogP contribution >= 0.6 is 11.6 Å². The molecule has 0 aliphatic heterocycles. The van der Waals surface area contributed by atoms with Gasteiger partial charge in [-0.3, -0.25) is 0 Å². The van der Waals surface area contributed by atoms with Crippen molar-refractivity contribution in [1.29, 1.82) is 0 Å². The summed E-state index contributed by atoms with van der Waals surface area (Å²) in [6.45, 7) is 0. The minimum atomic E-state index is -0.805. The molecule has 1 aromatic carbocycles. The van der Waals surface area contributed by atoms with Gasteiger partial charge >= 0.3 is 0 Å². The molecule has 122 valence electrons. The van der Waals surface area contributed by atoms with E-state index in [1.54, 1.807) is 13.1 Å². The van der Waals surface area contributed by atoms with Crippen molar-refractivity contribution in [3.8, 4) is 0 Å². The molecule has 0 unspecified atom stereocenters. The van der Waals surface area contributed by atoms with Crippen molar-refractivity contribution >= 4 is 28.3 Å². The molecule has 0 radical (unpaired) electrons. The average Bonchev–Trinajstić information content (AvgIpc) is 2.81. The molecule has 0 amide bonds. The number of aryl methyl sites for hydroxylation is 1. The number of pyridine rings is 1. The van der Waals surface area contributed by atoms with Crippen LogP contribution < -0.4 is 11.1 Å². The largest absolute Gasteiger partial charge is 0.388 e. The number of nitrogens with one attached hydrogen (secondary N) is 1. The third kappa shape index (κ3) is 3.19. The number of halogens is 1. The third-order valence-corrected chi connectivity index (χ3v) is 4.67. The van der Waals surface area contributed by atoms with E-state index in [1.807, 2.05) is 24.3 Å². The number of aliphatic hydroxyl groups is 2. The molecule has 1 aliphatic rings. The average molecular weight is 334 g/mol. The zero-order chi connectivity index (χ0) is 16.6. The van der Waals surface area contributed by atoms with E-state index in [0.29, 0.717) is 17.3 Å². The van der Waals surface area contributed by atoms with Gasteiger partial charge < -0.3 is 21.3 Å². The summed E-state index contributed by atoms with van der Waals surface area (Å²) < 4.78 is 0. The highest BCUT2D eigenvalue weighted by Crippen LogP contribution is 2.26. The quantitative estimate of drug-likeness (QED) is 0.639. The van der Waals surface area contributed by atoms with Crippen LogP contribution in [0.25, 0.3) is 10.9 Å². The highest BCUT2D eigenvalue weighted by atomic mass is 35.5. The minimum absolute atomic E-state index is 0.194. The number of anilines is 1. The number of nitrogens with zero attached hydrogens (tertiary/aromatic N) is 1. The summed E-state index contributed by atoms with van der Waals surface area (Å²) in [5.74, 6) is 0.324. The Bertz CT molecular complexity index is 763. The van der Waals surface area contributed by atoms with E-state index in [2.05, 4.69) is 10.3 Å². The SMILES string of the molecule is CN[C@@H]1C=C(CCc2ccc3cc(Cl)c(N)nc3c2)[C@@H](O)[C@H]1O. The van der Waals surface area contributed by atoms with Gasteiger partial charge in [-0.1, -0.05) is 29.8 Å². The predicted octanol–water partition coefficient (Wildman–Crippen LogP) is 1.65. The fourth-order valence-corrected chi connectivity index (χ4v) is 3.13. The maximum atomic E-state index is 10.1. The smallest absolute Gasteiger partial charge is 0.142 e. The number of hydrogen-bond donors (Lipinski definition) is 4. The number of aromatic nitrogens is 1. The van der Waals surface area contributed by atoms with Gasteiger partial charge in [0.05, 0.1) is 16.6 Å². The Morgan fingerprint density at radius 3 is 2.74 bits per heavy atom. The maximum absolute atomic E-state index is 10.1. The lowest BCUT2D eigenvalue weighted by Crippen LogP contribution is -2.38. The number of hydrogen-bond acceptors (Lipinski definition) is 5. The third-order valence-electron chi connectivity index (χ3n) is 4.36. The Labute approximate surface area is 139 Å². The lowest BCUT2D eigenvalue weighted by Gasteiger charge is -2.16. The van der Waals surface area contributed by atoms with E-state index in [-0.39, 0.29) is 6.04 Å².